The summed E-state index contributed by atoms with van der Waals surface area (Å²) in [4.78, 5) is 37.8. The van der Waals surface area contributed by atoms with Gasteiger partial charge in [0.15, 0.2) is 0 Å². The first-order chi connectivity index (χ1) is 12.5. The minimum absolute atomic E-state index is 0.261. The summed E-state index contributed by atoms with van der Waals surface area (Å²) >= 11 is 0. The molecule has 1 saturated heterocycles. The predicted octanol–water partition coefficient (Wildman–Crippen LogP) is 2.94. The molecule has 134 valence electrons. The first-order valence-electron chi connectivity index (χ1n) is 8.48. The van der Waals surface area contributed by atoms with Gasteiger partial charge in [0.2, 0.25) is 0 Å². The lowest BCUT2D eigenvalue weighted by atomic mass is 10.1. The van der Waals surface area contributed by atoms with Gasteiger partial charge in [-0.15, -0.1) is 0 Å². The molecule has 0 unspecified atom stereocenters. The van der Waals surface area contributed by atoms with E-state index >= 15 is 0 Å². The number of carbonyl (C=O) groups is 3. The van der Waals surface area contributed by atoms with Gasteiger partial charge in [-0.05, 0) is 49.6 Å². The van der Waals surface area contributed by atoms with Crippen LogP contribution in [0.4, 0.5) is 5.69 Å². The monoisotopic (exact) mass is 352 g/mol. The van der Waals surface area contributed by atoms with Gasteiger partial charge in [0.1, 0.15) is 6.04 Å². The van der Waals surface area contributed by atoms with Gasteiger partial charge >= 0.3 is 5.97 Å². The minimum atomic E-state index is -0.986. The topological polar surface area (TPSA) is 86.7 Å². The molecule has 1 atom stereocenters. The van der Waals surface area contributed by atoms with Crippen LogP contribution in [0, 0.1) is 6.92 Å². The Morgan fingerprint density at radius 2 is 1.81 bits per heavy atom. The van der Waals surface area contributed by atoms with E-state index in [1.165, 1.54) is 4.90 Å². The first-order valence-corrected chi connectivity index (χ1v) is 8.48. The summed E-state index contributed by atoms with van der Waals surface area (Å²) in [5.74, 6) is -1.58. The summed E-state index contributed by atoms with van der Waals surface area (Å²) in [6.07, 6.45) is 1.14. The molecule has 0 bridgehead atoms. The van der Waals surface area contributed by atoms with Gasteiger partial charge in [-0.25, -0.2) is 4.79 Å². The molecule has 0 radical (unpaired) electrons. The van der Waals surface area contributed by atoms with E-state index in [4.69, 9.17) is 0 Å². The van der Waals surface area contributed by atoms with Gasteiger partial charge in [0, 0.05) is 23.4 Å². The summed E-state index contributed by atoms with van der Waals surface area (Å²) < 4.78 is 0. The number of benzene rings is 2. The van der Waals surface area contributed by atoms with Gasteiger partial charge in [-0.3, -0.25) is 9.59 Å². The van der Waals surface area contributed by atoms with Crippen LogP contribution >= 0.6 is 0 Å². The van der Waals surface area contributed by atoms with Crippen molar-refractivity contribution in [2.45, 2.75) is 25.8 Å². The molecule has 1 fully saturated rings. The van der Waals surface area contributed by atoms with Crippen LogP contribution in [0.25, 0.3) is 0 Å². The molecular weight excluding hydrogens is 332 g/mol. The second kappa shape index (κ2) is 7.39. The third kappa shape index (κ3) is 3.59. The molecule has 0 saturated carbocycles. The Labute approximate surface area is 151 Å². The third-order valence-corrected chi connectivity index (χ3v) is 4.57. The summed E-state index contributed by atoms with van der Waals surface area (Å²) in [7, 11) is 0. The van der Waals surface area contributed by atoms with Crippen molar-refractivity contribution < 1.29 is 19.5 Å². The Bertz CT molecular complexity index is 848. The zero-order valence-corrected chi connectivity index (χ0v) is 14.4. The molecule has 2 aromatic carbocycles. The Balaban J connectivity index is 1.82. The van der Waals surface area contributed by atoms with Crippen molar-refractivity contribution in [3.63, 3.8) is 0 Å². The van der Waals surface area contributed by atoms with Gasteiger partial charge in [-0.2, -0.15) is 0 Å². The Hall–Kier alpha value is -3.15. The van der Waals surface area contributed by atoms with E-state index in [1.807, 2.05) is 13.0 Å². The predicted molar refractivity (Wildman–Crippen MR) is 97.3 cm³/mol. The van der Waals surface area contributed by atoms with Gasteiger partial charge < -0.3 is 15.3 Å². The zero-order valence-electron chi connectivity index (χ0n) is 14.4. The number of carboxylic acids is 1. The molecule has 1 heterocycles. The van der Waals surface area contributed by atoms with E-state index in [9.17, 15) is 19.5 Å². The highest BCUT2D eigenvalue weighted by Crippen LogP contribution is 2.23. The van der Waals surface area contributed by atoms with Crippen LogP contribution in [0.15, 0.2) is 48.5 Å². The lowest BCUT2D eigenvalue weighted by molar-refractivity contribution is -0.141. The van der Waals surface area contributed by atoms with Crippen LogP contribution in [0.1, 0.15) is 39.1 Å². The molecule has 26 heavy (non-hydrogen) atoms. The van der Waals surface area contributed by atoms with Gasteiger partial charge in [0.25, 0.3) is 11.8 Å². The van der Waals surface area contributed by atoms with Crippen molar-refractivity contribution in [1.29, 1.82) is 0 Å². The molecule has 2 N–H and O–H groups in total. The van der Waals surface area contributed by atoms with E-state index in [2.05, 4.69) is 5.32 Å². The van der Waals surface area contributed by atoms with E-state index in [-0.39, 0.29) is 11.8 Å². The molecular formula is C20H20N2O4. The molecule has 2 amide bonds. The van der Waals surface area contributed by atoms with Crippen molar-refractivity contribution in [2.24, 2.45) is 0 Å². The van der Waals surface area contributed by atoms with Crippen LogP contribution in [0.3, 0.4) is 0 Å². The SMILES string of the molecule is Cc1ccc(C(=O)N2CCC[C@H]2C(=O)O)cc1NC(=O)c1ccccc1. The number of rotatable bonds is 4. The Morgan fingerprint density at radius 1 is 1.08 bits per heavy atom. The average molecular weight is 352 g/mol. The van der Waals surface area contributed by atoms with Crippen LogP contribution in [-0.2, 0) is 4.79 Å². The standard InChI is InChI=1S/C20H20N2O4/c1-13-9-10-15(19(24)22-11-5-8-17(22)20(25)26)12-16(13)21-18(23)14-6-3-2-4-7-14/h2-4,6-7,9-10,12,17H,5,8,11H2,1H3,(H,21,23)(H,25,26)/t17-/m0/s1. The molecule has 6 heteroatoms. The number of aryl methyl sites for hydroxylation is 1. The second-order valence-corrected chi connectivity index (χ2v) is 6.34. The van der Waals surface area contributed by atoms with E-state index in [0.29, 0.717) is 36.2 Å². The van der Waals surface area contributed by atoms with Crippen LogP contribution < -0.4 is 5.32 Å². The quantitative estimate of drug-likeness (QED) is 0.886. The third-order valence-electron chi connectivity index (χ3n) is 4.57. The highest BCUT2D eigenvalue weighted by atomic mass is 16.4. The Morgan fingerprint density at radius 3 is 2.50 bits per heavy atom. The average Bonchev–Trinajstić information content (AvgIpc) is 3.13. The number of aliphatic carboxylic acids is 1. The van der Waals surface area contributed by atoms with E-state index in [0.717, 1.165) is 5.56 Å². The summed E-state index contributed by atoms with van der Waals surface area (Å²) in [5.41, 5.74) is 2.25. The largest absolute Gasteiger partial charge is 0.480 e. The van der Waals surface area contributed by atoms with E-state index in [1.54, 1.807) is 42.5 Å². The fourth-order valence-electron chi connectivity index (χ4n) is 3.11. The summed E-state index contributed by atoms with van der Waals surface area (Å²) in [6.45, 7) is 2.26. The number of nitrogens with zero attached hydrogens (tertiary/aromatic N) is 1. The number of hydrogen-bond acceptors (Lipinski definition) is 3. The number of carbonyl (C=O) groups excluding carboxylic acids is 2. The zero-order chi connectivity index (χ0) is 18.7. The molecule has 1 aliphatic heterocycles. The van der Waals surface area contributed by atoms with Gasteiger partial charge in [0.05, 0.1) is 0 Å². The van der Waals surface area contributed by atoms with Crippen molar-refractivity contribution in [1.82, 2.24) is 4.90 Å². The van der Waals surface area contributed by atoms with Crippen LogP contribution in [0.5, 0.6) is 0 Å². The highest BCUT2D eigenvalue weighted by Gasteiger charge is 2.34. The maximum Gasteiger partial charge on any atom is 0.326 e. The Kier molecular flexibility index (Phi) is 5.02. The second-order valence-electron chi connectivity index (χ2n) is 6.34. The van der Waals surface area contributed by atoms with Gasteiger partial charge in [-0.1, -0.05) is 24.3 Å². The van der Waals surface area contributed by atoms with Crippen molar-refractivity contribution >= 4 is 23.5 Å². The van der Waals surface area contributed by atoms with Crippen molar-refractivity contribution in [2.75, 3.05) is 11.9 Å². The fraction of sp³-hybridized carbons (Fsp3) is 0.250. The maximum absolute atomic E-state index is 12.7. The number of anilines is 1. The normalized spacial score (nSPS) is 16.3. The number of amides is 2. The molecule has 2 aromatic rings. The molecule has 6 nitrogen and oxygen atoms in total. The minimum Gasteiger partial charge on any atom is -0.480 e. The van der Waals surface area contributed by atoms with Crippen molar-refractivity contribution in [3.05, 3.63) is 65.2 Å². The smallest absolute Gasteiger partial charge is 0.326 e. The molecule has 1 aliphatic rings. The summed E-state index contributed by atoms with van der Waals surface area (Å²) in [6, 6.07) is 13.0. The number of likely N-dealkylation sites (tertiary alicyclic amines) is 1. The lowest BCUT2D eigenvalue weighted by Crippen LogP contribution is -2.40. The first kappa shape index (κ1) is 17.7. The fourth-order valence-corrected chi connectivity index (χ4v) is 3.11. The molecule has 0 spiro atoms. The van der Waals surface area contributed by atoms with E-state index < -0.39 is 12.0 Å². The number of hydrogen-bond donors (Lipinski definition) is 2. The van der Waals surface area contributed by atoms with Crippen molar-refractivity contribution in [3.8, 4) is 0 Å². The molecule has 0 aliphatic carbocycles. The lowest BCUT2D eigenvalue weighted by Gasteiger charge is -2.22. The summed E-state index contributed by atoms with van der Waals surface area (Å²) in [5, 5.41) is 12.1. The number of carboxylic acid groups (broad SMARTS) is 1. The number of nitrogens with one attached hydrogen (secondary N) is 1. The maximum atomic E-state index is 12.7. The van der Waals surface area contributed by atoms with Crippen LogP contribution in [0.2, 0.25) is 0 Å². The van der Waals surface area contributed by atoms with Crippen LogP contribution in [-0.4, -0.2) is 40.4 Å². The molecule has 0 aromatic heterocycles. The molecule has 3 rings (SSSR count). The highest BCUT2D eigenvalue weighted by molar-refractivity contribution is 6.05.